The van der Waals surface area contributed by atoms with E-state index in [1.807, 2.05) is 6.92 Å². The summed E-state index contributed by atoms with van der Waals surface area (Å²) < 4.78 is 0. The lowest BCUT2D eigenvalue weighted by molar-refractivity contribution is -0.131. The van der Waals surface area contributed by atoms with Crippen molar-refractivity contribution < 1.29 is 9.63 Å². The summed E-state index contributed by atoms with van der Waals surface area (Å²) in [7, 11) is 1.42. The first-order valence-electron chi connectivity index (χ1n) is 3.72. The molecule has 0 aliphatic heterocycles. The monoisotopic (exact) mass is 160 g/mol. The van der Waals surface area contributed by atoms with Crippen molar-refractivity contribution in [3.8, 4) is 0 Å². The fourth-order valence-electron chi connectivity index (χ4n) is 0.660. The largest absolute Gasteiger partial charge is 0.330 e. The van der Waals surface area contributed by atoms with Gasteiger partial charge in [0.25, 0.3) is 0 Å². The lowest BCUT2D eigenvalue weighted by Gasteiger charge is -2.06. The van der Waals surface area contributed by atoms with Crippen LogP contribution in [0.15, 0.2) is 0 Å². The minimum atomic E-state index is -0.0900. The predicted octanol–water partition coefficient (Wildman–Crippen LogP) is 0.0390. The van der Waals surface area contributed by atoms with E-state index in [-0.39, 0.29) is 5.91 Å². The summed E-state index contributed by atoms with van der Waals surface area (Å²) in [4.78, 5) is 15.2. The predicted molar refractivity (Wildman–Crippen MR) is 42.6 cm³/mol. The van der Waals surface area contributed by atoms with E-state index in [4.69, 9.17) is 5.73 Å². The van der Waals surface area contributed by atoms with Crippen molar-refractivity contribution in [3.05, 3.63) is 0 Å². The molecule has 66 valence electrons. The summed E-state index contributed by atoms with van der Waals surface area (Å²) in [6.45, 7) is 2.64. The summed E-state index contributed by atoms with van der Waals surface area (Å²) in [5, 5.41) is 0. The summed E-state index contributed by atoms with van der Waals surface area (Å²) in [5.41, 5.74) is 7.61. The third kappa shape index (κ3) is 5.82. The second kappa shape index (κ2) is 6.12. The van der Waals surface area contributed by atoms with Crippen molar-refractivity contribution in [1.82, 2.24) is 5.48 Å². The zero-order chi connectivity index (χ0) is 8.69. The Morgan fingerprint density at radius 1 is 1.73 bits per heavy atom. The highest BCUT2D eigenvalue weighted by Crippen LogP contribution is 2.02. The zero-order valence-corrected chi connectivity index (χ0v) is 7.09. The van der Waals surface area contributed by atoms with Gasteiger partial charge in [-0.3, -0.25) is 9.63 Å². The Bertz CT molecular complexity index is 117. The average molecular weight is 160 g/mol. The van der Waals surface area contributed by atoms with Crippen molar-refractivity contribution in [2.75, 3.05) is 13.7 Å². The molecule has 0 spiro atoms. The van der Waals surface area contributed by atoms with E-state index < -0.39 is 0 Å². The minimum absolute atomic E-state index is 0.0900. The molecule has 0 saturated heterocycles. The number of amides is 1. The van der Waals surface area contributed by atoms with Crippen LogP contribution in [0.5, 0.6) is 0 Å². The van der Waals surface area contributed by atoms with Crippen LogP contribution in [-0.2, 0) is 9.63 Å². The molecule has 4 heteroatoms. The molecule has 1 unspecified atom stereocenters. The Morgan fingerprint density at radius 3 is 2.82 bits per heavy atom. The summed E-state index contributed by atoms with van der Waals surface area (Å²) in [6.07, 6.45) is 1.29. The van der Waals surface area contributed by atoms with E-state index in [1.165, 1.54) is 7.11 Å². The second-order valence-electron chi connectivity index (χ2n) is 2.61. The number of carbonyl (C=O) groups excluding carboxylic acids is 1. The van der Waals surface area contributed by atoms with Gasteiger partial charge in [0, 0.05) is 6.42 Å². The van der Waals surface area contributed by atoms with Gasteiger partial charge in [-0.05, 0) is 18.9 Å². The number of nitrogens with one attached hydrogen (secondary N) is 1. The highest BCUT2D eigenvalue weighted by molar-refractivity contribution is 5.74. The van der Waals surface area contributed by atoms with Gasteiger partial charge in [-0.2, -0.15) is 0 Å². The molecule has 0 saturated carbocycles. The van der Waals surface area contributed by atoms with E-state index in [0.717, 1.165) is 6.42 Å². The first-order chi connectivity index (χ1) is 5.20. The van der Waals surface area contributed by atoms with E-state index in [0.29, 0.717) is 18.9 Å². The van der Waals surface area contributed by atoms with Crippen LogP contribution in [0.1, 0.15) is 19.8 Å². The summed E-state index contributed by atoms with van der Waals surface area (Å²) in [5.74, 6) is 0.311. The topological polar surface area (TPSA) is 64.3 Å². The Balaban J connectivity index is 3.30. The van der Waals surface area contributed by atoms with Gasteiger partial charge in [-0.1, -0.05) is 6.92 Å². The van der Waals surface area contributed by atoms with Gasteiger partial charge in [-0.15, -0.1) is 0 Å². The maximum atomic E-state index is 10.8. The Morgan fingerprint density at radius 2 is 2.36 bits per heavy atom. The minimum Gasteiger partial charge on any atom is -0.330 e. The molecule has 0 aliphatic carbocycles. The normalized spacial score (nSPS) is 12.6. The molecule has 0 aromatic carbocycles. The molecular weight excluding hydrogens is 144 g/mol. The van der Waals surface area contributed by atoms with Gasteiger partial charge in [0.1, 0.15) is 0 Å². The van der Waals surface area contributed by atoms with Gasteiger partial charge >= 0.3 is 0 Å². The van der Waals surface area contributed by atoms with Gasteiger partial charge in [0.15, 0.2) is 0 Å². The Kier molecular flexibility index (Phi) is 5.78. The van der Waals surface area contributed by atoms with Crippen LogP contribution in [-0.4, -0.2) is 19.6 Å². The van der Waals surface area contributed by atoms with Gasteiger partial charge < -0.3 is 5.73 Å². The van der Waals surface area contributed by atoms with Gasteiger partial charge in [0.2, 0.25) is 5.91 Å². The molecule has 0 radical (unpaired) electrons. The number of carbonyl (C=O) groups is 1. The number of hydrogen-bond acceptors (Lipinski definition) is 3. The van der Waals surface area contributed by atoms with Crippen molar-refractivity contribution >= 4 is 5.91 Å². The molecule has 0 heterocycles. The molecule has 4 nitrogen and oxygen atoms in total. The standard InChI is InChI=1S/C7H16N2O2/c1-6(5-8)3-4-7(10)9-11-2/h6H,3-5,8H2,1-2H3,(H,9,10). The lowest BCUT2D eigenvalue weighted by Crippen LogP contribution is -2.23. The number of hydrogen-bond donors (Lipinski definition) is 2. The van der Waals surface area contributed by atoms with Crippen LogP contribution in [0.4, 0.5) is 0 Å². The van der Waals surface area contributed by atoms with Crippen molar-refractivity contribution in [1.29, 1.82) is 0 Å². The highest BCUT2D eigenvalue weighted by atomic mass is 16.6. The molecule has 1 atom stereocenters. The smallest absolute Gasteiger partial charge is 0.243 e. The molecule has 0 aliphatic rings. The second-order valence-corrected chi connectivity index (χ2v) is 2.61. The van der Waals surface area contributed by atoms with Gasteiger partial charge in [-0.25, -0.2) is 5.48 Å². The quantitative estimate of drug-likeness (QED) is 0.558. The van der Waals surface area contributed by atoms with Crippen molar-refractivity contribution in [2.45, 2.75) is 19.8 Å². The Hall–Kier alpha value is -0.610. The summed E-state index contributed by atoms with van der Waals surface area (Å²) in [6, 6.07) is 0. The maximum Gasteiger partial charge on any atom is 0.243 e. The maximum absolute atomic E-state index is 10.8. The van der Waals surface area contributed by atoms with Gasteiger partial charge in [0.05, 0.1) is 7.11 Å². The first kappa shape index (κ1) is 10.4. The number of rotatable bonds is 5. The van der Waals surface area contributed by atoms with E-state index in [9.17, 15) is 4.79 Å². The molecule has 0 fully saturated rings. The highest BCUT2D eigenvalue weighted by Gasteiger charge is 2.03. The molecule has 0 bridgehead atoms. The van der Waals surface area contributed by atoms with E-state index in [1.54, 1.807) is 0 Å². The van der Waals surface area contributed by atoms with E-state index in [2.05, 4.69) is 10.3 Å². The fraction of sp³-hybridized carbons (Fsp3) is 0.857. The lowest BCUT2D eigenvalue weighted by atomic mass is 10.1. The third-order valence-corrected chi connectivity index (χ3v) is 1.48. The van der Waals surface area contributed by atoms with Crippen LogP contribution < -0.4 is 11.2 Å². The molecule has 3 N–H and O–H groups in total. The van der Waals surface area contributed by atoms with E-state index >= 15 is 0 Å². The molecule has 0 rings (SSSR count). The van der Waals surface area contributed by atoms with Crippen LogP contribution in [0, 0.1) is 5.92 Å². The molecular formula is C7H16N2O2. The molecule has 0 aromatic heterocycles. The Labute approximate surface area is 67.0 Å². The van der Waals surface area contributed by atoms with Crippen molar-refractivity contribution in [2.24, 2.45) is 11.7 Å². The SMILES string of the molecule is CONC(=O)CCC(C)CN. The van der Waals surface area contributed by atoms with Crippen LogP contribution >= 0.6 is 0 Å². The third-order valence-electron chi connectivity index (χ3n) is 1.48. The molecule has 1 amide bonds. The zero-order valence-electron chi connectivity index (χ0n) is 7.09. The average Bonchev–Trinajstić information content (AvgIpc) is 2.01. The van der Waals surface area contributed by atoms with Crippen LogP contribution in [0.3, 0.4) is 0 Å². The van der Waals surface area contributed by atoms with Crippen LogP contribution in [0.2, 0.25) is 0 Å². The molecule has 11 heavy (non-hydrogen) atoms. The fourth-order valence-corrected chi connectivity index (χ4v) is 0.660. The molecule has 0 aromatic rings. The van der Waals surface area contributed by atoms with Crippen molar-refractivity contribution in [3.63, 3.8) is 0 Å². The summed E-state index contributed by atoms with van der Waals surface area (Å²) >= 11 is 0. The number of nitrogens with two attached hydrogens (primary N) is 1. The first-order valence-corrected chi connectivity index (χ1v) is 3.72. The number of hydroxylamine groups is 1. The van der Waals surface area contributed by atoms with Crippen LogP contribution in [0.25, 0.3) is 0 Å².